The van der Waals surface area contributed by atoms with Crippen LogP contribution in [0.4, 0.5) is 4.39 Å². The van der Waals surface area contributed by atoms with Crippen LogP contribution in [0.5, 0.6) is 0 Å². The van der Waals surface area contributed by atoms with E-state index < -0.39 is 70.7 Å². The zero-order chi connectivity index (χ0) is 23.6. The molecule has 0 bridgehead atoms. The van der Waals surface area contributed by atoms with Crippen LogP contribution in [0, 0.1) is 5.82 Å². The second kappa shape index (κ2) is 10.8. The molecule has 0 radical (unpaired) electrons. The summed E-state index contributed by atoms with van der Waals surface area (Å²) in [6.45, 7) is -2.05. The largest absolute Gasteiger partial charge is 0.475 e. The van der Waals surface area contributed by atoms with Gasteiger partial charge in [0.2, 0.25) is 13.4 Å². The Morgan fingerprint density at radius 1 is 1.16 bits per heavy atom. The first-order chi connectivity index (χ1) is 14.1. The van der Waals surface area contributed by atoms with Gasteiger partial charge in [-0.05, 0) is 0 Å². The molecule has 0 aliphatic carbocycles. The molecular weight excluding hydrogens is 575 g/mol. The number of hydrogen-bond donors (Lipinski definition) is 2. The van der Waals surface area contributed by atoms with Crippen molar-refractivity contribution in [3.05, 3.63) is 32.9 Å². The molecule has 2 rings (SSSR count). The van der Waals surface area contributed by atoms with Crippen LogP contribution in [0.25, 0.3) is 0 Å². The van der Waals surface area contributed by atoms with E-state index in [9.17, 15) is 23.7 Å². The highest BCUT2D eigenvalue weighted by Gasteiger charge is 2.40. The van der Waals surface area contributed by atoms with Crippen LogP contribution in [0.2, 0.25) is 0 Å². The van der Waals surface area contributed by atoms with Gasteiger partial charge in [0.1, 0.15) is 25.5 Å². The summed E-state index contributed by atoms with van der Waals surface area (Å²) < 4.78 is 43.3. The summed E-state index contributed by atoms with van der Waals surface area (Å²) >= 11 is 33.3. The Morgan fingerprint density at radius 3 is 2.23 bits per heavy atom. The molecule has 1 aliphatic heterocycles. The molecule has 1 aromatic heterocycles. The molecule has 2 heterocycles. The van der Waals surface area contributed by atoms with E-state index in [-0.39, 0.29) is 6.42 Å². The number of hydrogen-bond acceptors (Lipinski definition) is 8. The third-order valence-electron chi connectivity index (χ3n) is 3.61. The van der Waals surface area contributed by atoms with Crippen molar-refractivity contribution >= 4 is 77.4 Å². The van der Waals surface area contributed by atoms with Crippen LogP contribution in [0.3, 0.4) is 0 Å². The quantitative estimate of drug-likeness (QED) is 0.350. The SMILES string of the molecule is O=c1[nH]c(=O)n([C@H]2C[C@H](O)[C@@H](COP(=O)(OCC(Cl)(Cl)Cl)OCC(Cl)(Cl)Cl)O2)cc1F. The van der Waals surface area contributed by atoms with E-state index in [2.05, 4.69) is 0 Å². The predicted octanol–water partition coefficient (Wildman–Crippen LogP) is 3.22. The number of rotatable bonds is 8. The van der Waals surface area contributed by atoms with E-state index in [1.165, 1.54) is 0 Å². The highest BCUT2D eigenvalue weighted by Crippen LogP contribution is 2.53. The number of aromatic amines is 1. The minimum absolute atomic E-state index is 0.187. The van der Waals surface area contributed by atoms with E-state index in [0.717, 1.165) is 4.57 Å². The van der Waals surface area contributed by atoms with Gasteiger partial charge in [0.05, 0.1) is 18.9 Å². The van der Waals surface area contributed by atoms with Crippen molar-refractivity contribution in [1.82, 2.24) is 9.55 Å². The maximum atomic E-state index is 13.5. The maximum Gasteiger partial charge on any atom is 0.475 e. The fourth-order valence-electron chi connectivity index (χ4n) is 2.29. The van der Waals surface area contributed by atoms with Gasteiger partial charge in [-0.15, -0.1) is 0 Å². The van der Waals surface area contributed by atoms with Crippen LogP contribution >= 0.6 is 77.4 Å². The highest BCUT2D eigenvalue weighted by molar-refractivity contribution is 7.48. The first-order valence-electron chi connectivity index (χ1n) is 8.10. The van der Waals surface area contributed by atoms with Gasteiger partial charge in [0.15, 0.2) is 0 Å². The zero-order valence-electron chi connectivity index (χ0n) is 15.0. The van der Waals surface area contributed by atoms with Gasteiger partial charge in [-0.2, -0.15) is 4.39 Å². The number of ether oxygens (including phenoxy) is 1. The third kappa shape index (κ3) is 8.92. The first-order valence-corrected chi connectivity index (χ1v) is 11.8. The van der Waals surface area contributed by atoms with Gasteiger partial charge in [0, 0.05) is 6.42 Å². The third-order valence-corrected chi connectivity index (χ3v) is 5.62. The summed E-state index contributed by atoms with van der Waals surface area (Å²) in [7, 11) is -4.48. The average Bonchev–Trinajstić information content (AvgIpc) is 2.99. The van der Waals surface area contributed by atoms with Crippen molar-refractivity contribution in [2.45, 2.75) is 32.4 Å². The number of phosphoric acid groups is 1. The molecule has 31 heavy (non-hydrogen) atoms. The van der Waals surface area contributed by atoms with Crippen LogP contribution in [-0.4, -0.2) is 54.3 Å². The molecule has 1 aliphatic rings. The van der Waals surface area contributed by atoms with Crippen LogP contribution in [0.1, 0.15) is 12.6 Å². The average molecular weight is 589 g/mol. The van der Waals surface area contributed by atoms with Gasteiger partial charge < -0.3 is 9.84 Å². The Labute approximate surface area is 203 Å². The number of nitrogens with one attached hydrogen (secondary N) is 1. The van der Waals surface area contributed by atoms with Gasteiger partial charge in [-0.1, -0.05) is 69.6 Å². The summed E-state index contributed by atoms with van der Waals surface area (Å²) in [5.41, 5.74) is -2.18. The van der Waals surface area contributed by atoms with Crippen molar-refractivity contribution in [1.29, 1.82) is 0 Å². The Bertz CT molecular complexity index is 912. The lowest BCUT2D eigenvalue weighted by atomic mass is 10.2. The summed E-state index contributed by atoms with van der Waals surface area (Å²) in [5.74, 6) is -1.23. The van der Waals surface area contributed by atoms with Crippen molar-refractivity contribution in [3.8, 4) is 0 Å². The molecule has 0 amide bonds. The summed E-state index contributed by atoms with van der Waals surface area (Å²) in [4.78, 5) is 24.8. The Balaban J connectivity index is 2.08. The van der Waals surface area contributed by atoms with E-state index in [1.54, 1.807) is 4.98 Å². The number of aromatic nitrogens is 2. The number of nitrogens with zero attached hydrogens (tertiary/aromatic N) is 1. The van der Waals surface area contributed by atoms with Crippen molar-refractivity contribution < 1.29 is 32.4 Å². The number of aliphatic hydroxyl groups excluding tert-OH is 1. The molecule has 1 aromatic rings. The molecule has 0 spiro atoms. The van der Waals surface area contributed by atoms with Gasteiger partial charge in [-0.3, -0.25) is 27.9 Å². The minimum Gasteiger partial charge on any atom is -0.390 e. The smallest absolute Gasteiger partial charge is 0.390 e. The predicted molar refractivity (Wildman–Crippen MR) is 112 cm³/mol. The van der Waals surface area contributed by atoms with Crippen LogP contribution < -0.4 is 11.2 Å². The lowest BCUT2D eigenvalue weighted by molar-refractivity contribution is -0.0483. The Morgan fingerprint density at radius 2 is 1.71 bits per heavy atom. The van der Waals surface area contributed by atoms with Gasteiger partial charge >= 0.3 is 13.5 Å². The van der Waals surface area contributed by atoms with Crippen molar-refractivity contribution in [2.75, 3.05) is 19.8 Å². The standard InChI is InChI=1S/C13H14Cl6FN2O8P/c14-12(15,16)4-28-31(26,29-5-13(17,18)19)27-3-8-7(23)1-9(30-8)22-2-6(20)10(24)21-11(22)25/h2,7-9,23H,1,3-5H2,(H,21,24,25)/t7-,8+,9+/m0/s1. The number of halogens is 7. The summed E-state index contributed by atoms with van der Waals surface area (Å²) in [6, 6.07) is 0. The fourth-order valence-corrected chi connectivity index (χ4v) is 4.33. The molecule has 18 heteroatoms. The molecule has 178 valence electrons. The minimum atomic E-state index is -4.48. The first kappa shape index (κ1) is 27.6. The van der Waals surface area contributed by atoms with Crippen molar-refractivity contribution in [3.63, 3.8) is 0 Å². The summed E-state index contributed by atoms with van der Waals surface area (Å²) in [5, 5.41) is 10.2. The highest BCUT2D eigenvalue weighted by atomic mass is 35.6. The molecule has 10 nitrogen and oxygen atoms in total. The fraction of sp³-hybridized carbons (Fsp3) is 0.692. The van der Waals surface area contributed by atoms with E-state index in [0.29, 0.717) is 6.20 Å². The maximum absolute atomic E-state index is 13.5. The molecule has 0 unspecified atom stereocenters. The molecule has 0 aromatic carbocycles. The Hall–Kier alpha value is 0.380. The van der Waals surface area contributed by atoms with E-state index in [1.807, 2.05) is 0 Å². The topological polar surface area (TPSA) is 129 Å². The molecular formula is C13H14Cl6FN2O8P. The normalized spacial score (nSPS) is 22.8. The number of aliphatic hydroxyl groups is 1. The summed E-state index contributed by atoms with van der Waals surface area (Å²) in [6.07, 6.45) is -3.14. The molecule has 1 fully saturated rings. The number of alkyl halides is 6. The van der Waals surface area contributed by atoms with E-state index in [4.69, 9.17) is 87.9 Å². The van der Waals surface area contributed by atoms with Crippen LogP contribution in [-0.2, 0) is 22.9 Å². The van der Waals surface area contributed by atoms with Gasteiger partial charge in [-0.25, -0.2) is 9.36 Å². The monoisotopic (exact) mass is 586 g/mol. The zero-order valence-corrected chi connectivity index (χ0v) is 20.4. The lowest BCUT2D eigenvalue weighted by Gasteiger charge is -2.23. The second-order valence-electron chi connectivity index (χ2n) is 6.10. The Kier molecular flexibility index (Phi) is 9.58. The molecule has 2 N–H and O–H groups in total. The van der Waals surface area contributed by atoms with Crippen LogP contribution in [0.15, 0.2) is 15.8 Å². The lowest BCUT2D eigenvalue weighted by Crippen LogP contribution is -2.34. The number of phosphoric ester groups is 1. The number of H-pyrrole nitrogens is 1. The molecule has 3 atom stereocenters. The van der Waals surface area contributed by atoms with Crippen molar-refractivity contribution in [2.24, 2.45) is 0 Å². The second-order valence-corrected chi connectivity index (χ2v) is 12.8. The molecule has 0 saturated carbocycles. The molecule has 1 saturated heterocycles. The van der Waals surface area contributed by atoms with E-state index >= 15 is 0 Å². The van der Waals surface area contributed by atoms with Gasteiger partial charge in [0.25, 0.3) is 5.56 Å².